The van der Waals surface area contributed by atoms with Crippen LogP contribution < -0.4 is 5.32 Å². The highest BCUT2D eigenvalue weighted by molar-refractivity contribution is 5.74. The van der Waals surface area contributed by atoms with Crippen LogP contribution in [0.25, 0.3) is 0 Å². The molecule has 11 heavy (non-hydrogen) atoms. The van der Waals surface area contributed by atoms with Gasteiger partial charge >= 0.3 is 0 Å². The molecule has 1 N–H and O–H groups in total. The number of nitriles is 1. The van der Waals surface area contributed by atoms with Gasteiger partial charge in [0.25, 0.3) is 6.02 Å². The molecule has 0 radical (unpaired) electrons. The Morgan fingerprint density at radius 3 is 2.82 bits per heavy atom. The lowest BCUT2D eigenvalue weighted by atomic mass is 10.5. The van der Waals surface area contributed by atoms with Gasteiger partial charge in [-0.15, -0.1) is 0 Å². The van der Waals surface area contributed by atoms with Gasteiger partial charge in [-0.1, -0.05) is 6.92 Å². The van der Waals surface area contributed by atoms with Crippen molar-refractivity contribution in [2.75, 3.05) is 13.2 Å². The van der Waals surface area contributed by atoms with Crippen molar-refractivity contribution in [2.24, 2.45) is 4.99 Å². The van der Waals surface area contributed by atoms with Crippen LogP contribution in [0.1, 0.15) is 20.3 Å². The summed E-state index contributed by atoms with van der Waals surface area (Å²) >= 11 is 0. The van der Waals surface area contributed by atoms with E-state index in [-0.39, 0.29) is 0 Å². The molecule has 0 aromatic carbocycles. The Kier molecular flexibility index (Phi) is 6.10. The minimum absolute atomic E-state index is 0.317. The second-order valence-corrected chi connectivity index (χ2v) is 1.86. The molecule has 0 saturated heterocycles. The summed E-state index contributed by atoms with van der Waals surface area (Å²) < 4.78 is 5.00. The molecule has 4 nitrogen and oxygen atoms in total. The number of ether oxygens (including phenoxy) is 1. The molecule has 0 aromatic rings. The summed E-state index contributed by atoms with van der Waals surface area (Å²) in [6, 6.07) is 0.317. The van der Waals surface area contributed by atoms with Gasteiger partial charge in [-0.3, -0.25) is 0 Å². The zero-order valence-corrected chi connectivity index (χ0v) is 6.92. The molecule has 0 heterocycles. The van der Waals surface area contributed by atoms with Gasteiger partial charge in [0, 0.05) is 6.54 Å². The zero-order chi connectivity index (χ0) is 8.53. The van der Waals surface area contributed by atoms with Gasteiger partial charge in [0.15, 0.2) is 6.19 Å². The highest BCUT2D eigenvalue weighted by Crippen LogP contribution is 1.82. The predicted octanol–water partition coefficient (Wildman–Crippen LogP) is 0.860. The van der Waals surface area contributed by atoms with Gasteiger partial charge in [-0.2, -0.15) is 5.26 Å². The Bertz CT molecular complexity index is 160. The second-order valence-electron chi connectivity index (χ2n) is 1.86. The fraction of sp³-hybridized carbons (Fsp3) is 0.714. The molecule has 4 heteroatoms. The number of hydrogen-bond donors (Lipinski definition) is 1. The lowest BCUT2D eigenvalue weighted by Gasteiger charge is -2.02. The Hall–Kier alpha value is -1.24. The van der Waals surface area contributed by atoms with E-state index in [2.05, 4.69) is 10.3 Å². The lowest BCUT2D eigenvalue weighted by Crippen LogP contribution is -2.21. The van der Waals surface area contributed by atoms with Crippen LogP contribution >= 0.6 is 0 Å². The average molecular weight is 155 g/mol. The number of rotatable bonds is 3. The fourth-order valence-corrected chi connectivity index (χ4v) is 0.519. The number of nitrogens with one attached hydrogen (secondary N) is 1. The molecule has 0 rings (SSSR count). The first-order chi connectivity index (χ1) is 5.35. The normalized spacial score (nSPS) is 10.5. The van der Waals surface area contributed by atoms with Crippen molar-refractivity contribution in [3.8, 4) is 6.19 Å². The first-order valence-electron chi connectivity index (χ1n) is 3.67. The summed E-state index contributed by atoms with van der Waals surface area (Å²) in [4.78, 5) is 3.98. The SMILES string of the molecule is CCCN=C(NC#N)OCC. The van der Waals surface area contributed by atoms with E-state index in [0.717, 1.165) is 6.42 Å². The van der Waals surface area contributed by atoms with Crippen molar-refractivity contribution in [1.29, 1.82) is 5.26 Å². The molecule has 0 amide bonds. The first-order valence-corrected chi connectivity index (χ1v) is 3.67. The van der Waals surface area contributed by atoms with Crippen molar-refractivity contribution in [1.82, 2.24) is 5.32 Å². The predicted molar refractivity (Wildman–Crippen MR) is 43.0 cm³/mol. The minimum Gasteiger partial charge on any atom is -0.465 e. The van der Waals surface area contributed by atoms with E-state index in [1.165, 1.54) is 0 Å². The fourth-order valence-electron chi connectivity index (χ4n) is 0.519. The molecular weight excluding hydrogens is 142 g/mol. The van der Waals surface area contributed by atoms with Crippen molar-refractivity contribution in [2.45, 2.75) is 20.3 Å². The summed E-state index contributed by atoms with van der Waals surface area (Å²) in [5.74, 6) is 0. The van der Waals surface area contributed by atoms with E-state index < -0.39 is 0 Å². The van der Waals surface area contributed by atoms with E-state index in [1.807, 2.05) is 13.8 Å². The van der Waals surface area contributed by atoms with Gasteiger partial charge in [-0.05, 0) is 13.3 Å². The molecule has 0 bridgehead atoms. The van der Waals surface area contributed by atoms with Gasteiger partial charge in [-0.25, -0.2) is 10.3 Å². The van der Waals surface area contributed by atoms with Crippen LogP contribution in [0, 0.1) is 11.5 Å². The highest BCUT2D eigenvalue weighted by atomic mass is 16.5. The van der Waals surface area contributed by atoms with E-state index >= 15 is 0 Å². The minimum atomic E-state index is 0.317. The maximum Gasteiger partial charge on any atom is 0.298 e. The molecule has 0 spiro atoms. The van der Waals surface area contributed by atoms with Crippen LogP contribution in [0.3, 0.4) is 0 Å². The van der Waals surface area contributed by atoms with Gasteiger partial charge in [0.1, 0.15) is 0 Å². The third kappa shape index (κ3) is 5.22. The van der Waals surface area contributed by atoms with Crippen LogP contribution in [0.4, 0.5) is 0 Å². The van der Waals surface area contributed by atoms with Crippen LogP contribution in [0.2, 0.25) is 0 Å². The topological polar surface area (TPSA) is 57.4 Å². The standard InChI is InChI=1S/C7H13N3O/c1-3-5-9-7(10-6-8)11-4-2/h3-5H2,1-2H3,(H,9,10). The Morgan fingerprint density at radius 1 is 1.64 bits per heavy atom. The van der Waals surface area contributed by atoms with Crippen molar-refractivity contribution >= 4 is 6.02 Å². The lowest BCUT2D eigenvalue weighted by molar-refractivity contribution is 0.314. The van der Waals surface area contributed by atoms with Crippen LogP contribution in [0.15, 0.2) is 4.99 Å². The summed E-state index contributed by atoms with van der Waals surface area (Å²) in [7, 11) is 0. The summed E-state index contributed by atoms with van der Waals surface area (Å²) in [6.07, 6.45) is 2.70. The molecule has 0 aliphatic heterocycles. The van der Waals surface area contributed by atoms with Crippen LogP contribution in [-0.2, 0) is 4.74 Å². The maximum absolute atomic E-state index is 8.24. The Balaban J connectivity index is 3.78. The van der Waals surface area contributed by atoms with E-state index in [4.69, 9.17) is 10.00 Å². The number of nitrogens with zero attached hydrogens (tertiary/aromatic N) is 2. The monoisotopic (exact) mass is 155 g/mol. The molecule has 0 aromatic heterocycles. The quantitative estimate of drug-likeness (QED) is 0.284. The van der Waals surface area contributed by atoms with E-state index in [0.29, 0.717) is 19.2 Å². The summed E-state index contributed by atoms with van der Waals surface area (Å²) in [5.41, 5.74) is 0. The third-order valence-corrected chi connectivity index (χ3v) is 0.923. The largest absolute Gasteiger partial charge is 0.465 e. The van der Waals surface area contributed by atoms with E-state index in [1.54, 1.807) is 6.19 Å². The maximum atomic E-state index is 8.24. The summed E-state index contributed by atoms with van der Waals surface area (Å²) in [5, 5.41) is 10.6. The smallest absolute Gasteiger partial charge is 0.298 e. The Labute approximate surface area is 66.9 Å². The van der Waals surface area contributed by atoms with E-state index in [9.17, 15) is 0 Å². The molecule has 0 aliphatic rings. The summed E-state index contributed by atoms with van der Waals surface area (Å²) in [6.45, 7) is 5.07. The number of hydrogen-bond acceptors (Lipinski definition) is 3. The molecule has 0 saturated carbocycles. The molecule has 0 aliphatic carbocycles. The first kappa shape index (κ1) is 9.76. The van der Waals surface area contributed by atoms with Gasteiger partial charge in [0.2, 0.25) is 0 Å². The zero-order valence-electron chi connectivity index (χ0n) is 6.92. The molecule has 0 unspecified atom stereocenters. The van der Waals surface area contributed by atoms with Crippen molar-refractivity contribution < 1.29 is 4.74 Å². The second kappa shape index (κ2) is 6.87. The molecule has 62 valence electrons. The van der Waals surface area contributed by atoms with Crippen molar-refractivity contribution in [3.63, 3.8) is 0 Å². The molecule has 0 fully saturated rings. The number of aliphatic imine (C=N–C) groups is 1. The van der Waals surface area contributed by atoms with Gasteiger partial charge in [0.05, 0.1) is 6.61 Å². The van der Waals surface area contributed by atoms with Crippen molar-refractivity contribution in [3.05, 3.63) is 0 Å². The van der Waals surface area contributed by atoms with Crippen LogP contribution in [0.5, 0.6) is 0 Å². The number of amidine groups is 1. The van der Waals surface area contributed by atoms with Gasteiger partial charge < -0.3 is 4.74 Å². The highest BCUT2D eigenvalue weighted by Gasteiger charge is 1.93. The Morgan fingerprint density at radius 2 is 2.36 bits per heavy atom. The molecular formula is C7H13N3O. The average Bonchev–Trinajstić information content (AvgIpc) is 2.01. The molecule has 0 atom stereocenters. The van der Waals surface area contributed by atoms with Crippen LogP contribution in [-0.4, -0.2) is 19.2 Å². The third-order valence-electron chi connectivity index (χ3n) is 0.923.